The first-order valence-electron chi connectivity index (χ1n) is 10.8. The van der Waals surface area contributed by atoms with E-state index in [1.165, 1.54) is 0 Å². The van der Waals surface area contributed by atoms with Crippen LogP contribution < -0.4 is 0 Å². The molecule has 0 saturated heterocycles. The Morgan fingerprint density at radius 2 is 0.912 bits per heavy atom. The van der Waals surface area contributed by atoms with Crippen LogP contribution in [0, 0.1) is 0 Å². The predicted molar refractivity (Wildman–Crippen MR) is 131 cm³/mol. The van der Waals surface area contributed by atoms with Crippen LogP contribution in [0.25, 0.3) is 10.6 Å². The number of hydrogen-bond donors (Lipinski definition) is 0. The van der Waals surface area contributed by atoms with Gasteiger partial charge in [-0.3, -0.25) is 31.7 Å². The molecule has 0 aliphatic rings. The second kappa shape index (κ2) is 12.2. The van der Waals surface area contributed by atoms with Gasteiger partial charge in [0.25, 0.3) is 0 Å². The summed E-state index contributed by atoms with van der Waals surface area (Å²) >= 11 is 6.45. The van der Waals surface area contributed by atoms with Crippen LogP contribution in [-0.2, 0) is 42.8 Å². The van der Waals surface area contributed by atoms with E-state index in [-0.39, 0.29) is 17.1 Å². The van der Waals surface area contributed by atoms with Gasteiger partial charge in [0.15, 0.2) is 0 Å². The van der Waals surface area contributed by atoms with Crippen LogP contribution in [-0.4, -0.2) is 31.0 Å². The molecule has 4 aromatic heterocycles. The molecule has 0 saturated carbocycles. The molecule has 4 rings (SSSR count). The third-order valence-electron chi connectivity index (χ3n) is 5.87. The number of nitrogens with zero attached hydrogens (tertiary/aromatic N) is 5. The van der Waals surface area contributed by atoms with E-state index in [9.17, 15) is 5.73 Å². The number of hydrogen-bond acceptors (Lipinski definition) is 4. The molecule has 8 heteroatoms. The van der Waals surface area contributed by atoms with Crippen molar-refractivity contribution in [3.05, 3.63) is 131 Å². The first-order valence-corrected chi connectivity index (χ1v) is 11.1. The van der Waals surface area contributed by atoms with Gasteiger partial charge in [0.2, 0.25) is 0 Å². The van der Waals surface area contributed by atoms with Crippen molar-refractivity contribution < 1.29 is 17.1 Å². The van der Waals surface area contributed by atoms with Crippen LogP contribution in [0.1, 0.15) is 22.8 Å². The maximum absolute atomic E-state index is 9.89. The molecule has 0 aliphatic carbocycles. The summed E-state index contributed by atoms with van der Waals surface area (Å²) in [5.74, 6) is 0. The SMILES string of the molecule is [Fe+2].[NH-]C(Cc1ccccn1)(Cc1ccccn1)C(Cc1ccccn1)(Cc1ccccn1)[N-]Cl. The Balaban J connectivity index is 0.00000324. The van der Waals surface area contributed by atoms with Gasteiger partial charge in [0.1, 0.15) is 0 Å². The number of pyridine rings is 4. The number of nitrogens with one attached hydrogen (secondary N) is 1. The normalized spacial score (nSPS) is 11.6. The van der Waals surface area contributed by atoms with E-state index in [0.717, 1.165) is 22.8 Å². The molecule has 4 heterocycles. The van der Waals surface area contributed by atoms with Crippen molar-refractivity contribution in [3.63, 3.8) is 0 Å². The summed E-state index contributed by atoms with van der Waals surface area (Å²) in [7, 11) is 0. The Morgan fingerprint density at radius 3 is 1.18 bits per heavy atom. The third kappa shape index (κ3) is 6.26. The van der Waals surface area contributed by atoms with E-state index in [4.69, 9.17) is 11.8 Å². The summed E-state index contributed by atoms with van der Waals surface area (Å²) in [5, 5.41) is 0. The van der Waals surface area contributed by atoms with Gasteiger partial charge in [-0.15, -0.1) is 11.1 Å². The van der Waals surface area contributed by atoms with Crippen molar-refractivity contribution in [2.75, 3.05) is 0 Å². The molecule has 0 unspecified atom stereocenters. The molecule has 34 heavy (non-hydrogen) atoms. The Hall–Kier alpha value is -2.67. The molecule has 1 N–H and O–H groups in total. The molecule has 6 nitrogen and oxygen atoms in total. The largest absolute Gasteiger partial charge is 2.00 e. The molecule has 0 atom stereocenters. The zero-order valence-electron chi connectivity index (χ0n) is 18.5. The van der Waals surface area contributed by atoms with Gasteiger partial charge in [-0.05, 0) is 74.2 Å². The number of halogens is 1. The molecule has 0 amide bonds. The smallest absolute Gasteiger partial charge is 0.672 e. The number of rotatable bonds is 10. The van der Waals surface area contributed by atoms with Crippen molar-refractivity contribution >= 4 is 11.8 Å². The molecule has 0 aromatic carbocycles. The molecule has 174 valence electrons. The Morgan fingerprint density at radius 1 is 0.588 bits per heavy atom. The van der Waals surface area contributed by atoms with E-state index in [1.807, 2.05) is 72.8 Å². The van der Waals surface area contributed by atoms with Gasteiger partial charge >= 0.3 is 17.1 Å². The standard InChI is InChI=1S/C26H25ClN6.Fe/c27-33-26(19-23-11-3-7-15-31-23,20-24-12-4-8-16-32-24)25(28,17-21-9-1-5-13-29-21)18-22-10-2-6-14-30-22;/h1-16,28H,17-20H2;/q-2;+2. The maximum Gasteiger partial charge on any atom is 2.00 e. The van der Waals surface area contributed by atoms with Crippen molar-refractivity contribution in [2.24, 2.45) is 0 Å². The van der Waals surface area contributed by atoms with E-state index in [1.54, 1.807) is 24.8 Å². The summed E-state index contributed by atoms with van der Waals surface area (Å²) in [6.45, 7) is 0. The molecule has 0 bridgehead atoms. The van der Waals surface area contributed by atoms with Crippen molar-refractivity contribution in [1.82, 2.24) is 19.9 Å². The summed E-state index contributed by atoms with van der Waals surface area (Å²) in [5.41, 5.74) is 10.9. The van der Waals surface area contributed by atoms with E-state index in [2.05, 4.69) is 24.8 Å². The molecular weight excluding hydrogens is 488 g/mol. The third-order valence-corrected chi connectivity index (χ3v) is 6.19. The average molecular weight is 513 g/mol. The molecule has 0 fully saturated rings. The van der Waals surface area contributed by atoms with Gasteiger partial charge in [0.05, 0.1) is 0 Å². The minimum atomic E-state index is -1.17. The van der Waals surface area contributed by atoms with Gasteiger partial charge in [-0.2, -0.15) is 0 Å². The molecule has 0 aliphatic heterocycles. The van der Waals surface area contributed by atoms with Gasteiger partial charge in [0, 0.05) is 47.6 Å². The molecule has 4 aromatic rings. The Kier molecular flexibility index (Phi) is 9.27. The minimum Gasteiger partial charge on any atom is -0.672 e. The monoisotopic (exact) mass is 512 g/mol. The van der Waals surface area contributed by atoms with Gasteiger partial charge in [-0.1, -0.05) is 24.3 Å². The molecule has 0 radical (unpaired) electrons. The van der Waals surface area contributed by atoms with Crippen LogP contribution in [0.4, 0.5) is 0 Å². The van der Waals surface area contributed by atoms with Crippen LogP contribution in [0.3, 0.4) is 0 Å². The van der Waals surface area contributed by atoms with Crippen molar-refractivity contribution in [1.29, 1.82) is 0 Å². The number of aromatic nitrogens is 4. The van der Waals surface area contributed by atoms with Crippen LogP contribution in [0.15, 0.2) is 97.6 Å². The average Bonchev–Trinajstić information content (AvgIpc) is 2.86. The van der Waals surface area contributed by atoms with Crippen molar-refractivity contribution in [3.8, 4) is 0 Å². The first-order chi connectivity index (χ1) is 16.1. The Labute approximate surface area is 216 Å². The zero-order valence-corrected chi connectivity index (χ0v) is 20.4. The fourth-order valence-corrected chi connectivity index (χ4v) is 4.44. The van der Waals surface area contributed by atoms with Crippen molar-refractivity contribution in [2.45, 2.75) is 36.8 Å². The van der Waals surface area contributed by atoms with E-state index >= 15 is 0 Å². The quantitative estimate of drug-likeness (QED) is 0.259. The fraction of sp³-hybridized carbons (Fsp3) is 0.231. The summed E-state index contributed by atoms with van der Waals surface area (Å²) < 4.78 is 0. The minimum absolute atomic E-state index is 0. The predicted octanol–water partition coefficient (Wildman–Crippen LogP) is 5.59. The van der Waals surface area contributed by atoms with Gasteiger partial charge < -0.3 is 10.6 Å². The second-order valence-electron chi connectivity index (χ2n) is 8.19. The summed E-state index contributed by atoms with van der Waals surface area (Å²) in [6.07, 6.45) is 8.45. The maximum atomic E-state index is 9.89. The molecular formula is C26H25ClFeN6. The Bertz CT molecular complexity index is 1030. The van der Waals surface area contributed by atoms with Gasteiger partial charge in [-0.25, -0.2) is 0 Å². The first kappa shape index (κ1) is 25.9. The topological polar surface area (TPSA) is 89.5 Å². The van der Waals surface area contributed by atoms with E-state index in [0.29, 0.717) is 25.7 Å². The molecule has 0 spiro atoms. The van der Waals surface area contributed by atoms with Crippen LogP contribution >= 0.6 is 11.8 Å². The second-order valence-corrected chi connectivity index (χ2v) is 8.36. The van der Waals surface area contributed by atoms with E-state index < -0.39 is 11.1 Å². The zero-order chi connectivity index (χ0) is 23.0. The van der Waals surface area contributed by atoms with Crippen LogP contribution in [0.5, 0.6) is 0 Å². The summed E-state index contributed by atoms with van der Waals surface area (Å²) in [4.78, 5) is 22.5. The summed E-state index contributed by atoms with van der Waals surface area (Å²) in [6, 6.07) is 23.0. The fourth-order valence-electron chi connectivity index (χ4n) is 4.16. The van der Waals surface area contributed by atoms with Crippen LogP contribution in [0.2, 0.25) is 0 Å².